The molecule has 0 bridgehead atoms. The number of amides is 1. The molecule has 1 N–H and O–H groups in total. The largest absolute Gasteiger partial charge is 0.355 e. The quantitative estimate of drug-likeness (QED) is 0.848. The van der Waals surface area contributed by atoms with Crippen molar-refractivity contribution in [3.63, 3.8) is 0 Å². The van der Waals surface area contributed by atoms with Gasteiger partial charge in [-0.2, -0.15) is 5.26 Å². The van der Waals surface area contributed by atoms with Crippen LogP contribution in [0.15, 0.2) is 0 Å². The van der Waals surface area contributed by atoms with E-state index in [0.29, 0.717) is 19.0 Å². The number of likely N-dealkylation sites (N-methyl/N-ethyl adjacent to an activating group) is 2. The van der Waals surface area contributed by atoms with Crippen LogP contribution >= 0.6 is 0 Å². The summed E-state index contributed by atoms with van der Waals surface area (Å²) in [5.74, 6) is 0.738. The molecule has 0 radical (unpaired) electrons. The SMILES string of the molecule is CCNC(=O)CN(CC)C1CC(C(C)(C)C)CCC1C#N. The number of hydrogen-bond donors (Lipinski definition) is 1. The fourth-order valence-corrected chi connectivity index (χ4v) is 3.39. The van der Waals surface area contributed by atoms with Gasteiger partial charge in [0.25, 0.3) is 0 Å². The topological polar surface area (TPSA) is 56.1 Å². The van der Waals surface area contributed by atoms with Crippen LogP contribution in [0.25, 0.3) is 0 Å². The minimum absolute atomic E-state index is 0.0537. The summed E-state index contributed by atoms with van der Waals surface area (Å²) < 4.78 is 0. The second-order valence-electron chi connectivity index (χ2n) is 7.20. The number of carbonyl (C=O) groups excluding carboxylic acids is 1. The summed E-state index contributed by atoms with van der Waals surface area (Å²) in [6, 6.07) is 2.68. The standard InChI is InChI=1S/C17H31N3O/c1-6-19-16(21)12-20(7-2)15-10-14(17(3,4)5)9-8-13(15)11-18/h13-15H,6-10,12H2,1-5H3,(H,19,21). The maximum absolute atomic E-state index is 11.9. The fraction of sp³-hybridized carbons (Fsp3) is 0.882. The molecule has 0 aromatic heterocycles. The van der Waals surface area contributed by atoms with Crippen LogP contribution in [-0.2, 0) is 4.79 Å². The smallest absolute Gasteiger partial charge is 0.234 e. The van der Waals surface area contributed by atoms with Gasteiger partial charge in [-0.25, -0.2) is 0 Å². The van der Waals surface area contributed by atoms with Crippen molar-refractivity contribution in [2.75, 3.05) is 19.6 Å². The zero-order valence-electron chi connectivity index (χ0n) is 14.3. The second kappa shape index (κ2) is 7.79. The van der Waals surface area contributed by atoms with Crippen molar-refractivity contribution in [2.24, 2.45) is 17.3 Å². The summed E-state index contributed by atoms with van der Waals surface area (Å²) in [6.07, 6.45) is 3.10. The van der Waals surface area contributed by atoms with Crippen molar-refractivity contribution in [2.45, 2.75) is 59.9 Å². The third-order valence-corrected chi connectivity index (χ3v) is 4.80. The van der Waals surface area contributed by atoms with Gasteiger partial charge in [0.1, 0.15) is 0 Å². The van der Waals surface area contributed by atoms with Gasteiger partial charge in [-0.1, -0.05) is 27.7 Å². The highest BCUT2D eigenvalue weighted by Crippen LogP contribution is 2.41. The van der Waals surface area contributed by atoms with Crippen molar-refractivity contribution in [3.05, 3.63) is 0 Å². The lowest BCUT2D eigenvalue weighted by Crippen LogP contribution is -2.49. The molecule has 1 amide bonds. The Bertz CT molecular complexity index is 380. The number of carbonyl (C=O) groups is 1. The molecule has 0 aliphatic heterocycles. The number of nitriles is 1. The first kappa shape index (κ1) is 18.0. The monoisotopic (exact) mass is 293 g/mol. The van der Waals surface area contributed by atoms with Crippen LogP contribution in [0.1, 0.15) is 53.9 Å². The molecular formula is C17H31N3O. The van der Waals surface area contributed by atoms with E-state index in [2.05, 4.69) is 44.0 Å². The lowest BCUT2D eigenvalue weighted by molar-refractivity contribution is -0.123. The molecule has 0 saturated heterocycles. The molecule has 0 spiro atoms. The summed E-state index contributed by atoms with van der Waals surface area (Å²) in [5, 5.41) is 12.3. The van der Waals surface area contributed by atoms with E-state index in [1.807, 2.05) is 6.92 Å². The van der Waals surface area contributed by atoms with Gasteiger partial charge in [0.05, 0.1) is 18.5 Å². The first-order chi connectivity index (χ1) is 9.83. The molecule has 1 aliphatic carbocycles. The van der Waals surface area contributed by atoms with Crippen molar-refractivity contribution in [1.29, 1.82) is 5.26 Å². The summed E-state index contributed by atoms with van der Waals surface area (Å²) in [4.78, 5) is 14.1. The molecule has 1 aliphatic rings. The molecule has 0 aromatic rings. The van der Waals surface area contributed by atoms with Gasteiger partial charge in [0.15, 0.2) is 0 Å². The first-order valence-corrected chi connectivity index (χ1v) is 8.23. The molecule has 1 fully saturated rings. The fourth-order valence-electron chi connectivity index (χ4n) is 3.39. The Labute approximate surface area is 129 Å². The average molecular weight is 293 g/mol. The lowest BCUT2D eigenvalue weighted by Gasteiger charge is -2.43. The third kappa shape index (κ3) is 5.00. The number of hydrogen-bond acceptors (Lipinski definition) is 3. The van der Waals surface area contributed by atoms with Crippen molar-refractivity contribution < 1.29 is 4.79 Å². The van der Waals surface area contributed by atoms with E-state index in [4.69, 9.17) is 0 Å². The van der Waals surface area contributed by atoms with E-state index in [-0.39, 0.29) is 23.3 Å². The Morgan fingerprint density at radius 1 is 1.33 bits per heavy atom. The van der Waals surface area contributed by atoms with E-state index < -0.39 is 0 Å². The number of rotatable bonds is 5. The Morgan fingerprint density at radius 3 is 2.48 bits per heavy atom. The molecule has 120 valence electrons. The summed E-state index contributed by atoms with van der Waals surface area (Å²) >= 11 is 0. The predicted octanol–water partition coefficient (Wildman–Crippen LogP) is 2.80. The van der Waals surface area contributed by atoms with Crippen LogP contribution in [0.4, 0.5) is 0 Å². The van der Waals surface area contributed by atoms with Gasteiger partial charge in [-0.15, -0.1) is 0 Å². The summed E-state index contributed by atoms with van der Waals surface area (Å²) in [6.45, 7) is 12.7. The number of nitrogens with zero attached hydrogens (tertiary/aromatic N) is 2. The van der Waals surface area contributed by atoms with E-state index >= 15 is 0 Å². The molecular weight excluding hydrogens is 262 g/mol. The highest BCUT2D eigenvalue weighted by Gasteiger charge is 2.38. The van der Waals surface area contributed by atoms with Crippen molar-refractivity contribution in [1.82, 2.24) is 10.2 Å². The van der Waals surface area contributed by atoms with Gasteiger partial charge in [-0.05, 0) is 44.1 Å². The number of nitrogens with one attached hydrogen (secondary N) is 1. The van der Waals surface area contributed by atoms with Crippen molar-refractivity contribution in [3.8, 4) is 6.07 Å². The molecule has 0 aromatic carbocycles. The zero-order chi connectivity index (χ0) is 16.0. The Morgan fingerprint density at radius 2 is 2.00 bits per heavy atom. The van der Waals surface area contributed by atoms with Gasteiger partial charge < -0.3 is 5.32 Å². The Kier molecular flexibility index (Phi) is 6.67. The lowest BCUT2D eigenvalue weighted by atomic mass is 9.68. The highest BCUT2D eigenvalue weighted by molar-refractivity contribution is 5.77. The molecule has 3 atom stereocenters. The van der Waals surface area contributed by atoms with Crippen LogP contribution in [-0.4, -0.2) is 36.5 Å². The van der Waals surface area contributed by atoms with E-state index in [0.717, 1.165) is 25.8 Å². The summed E-state index contributed by atoms with van der Waals surface area (Å²) in [5.41, 5.74) is 0.268. The highest BCUT2D eigenvalue weighted by atomic mass is 16.2. The predicted molar refractivity (Wildman–Crippen MR) is 85.6 cm³/mol. The van der Waals surface area contributed by atoms with Crippen LogP contribution in [0.2, 0.25) is 0 Å². The second-order valence-corrected chi connectivity index (χ2v) is 7.20. The summed E-state index contributed by atoms with van der Waals surface area (Å²) in [7, 11) is 0. The Balaban J connectivity index is 2.81. The minimum atomic E-state index is 0.0537. The van der Waals surface area contributed by atoms with E-state index in [9.17, 15) is 10.1 Å². The average Bonchev–Trinajstić information content (AvgIpc) is 2.43. The normalized spacial score (nSPS) is 26.4. The third-order valence-electron chi connectivity index (χ3n) is 4.80. The Hall–Kier alpha value is -1.08. The maximum atomic E-state index is 11.9. The van der Waals surface area contributed by atoms with Crippen LogP contribution in [0.5, 0.6) is 0 Å². The van der Waals surface area contributed by atoms with E-state index in [1.165, 1.54) is 0 Å². The van der Waals surface area contributed by atoms with Crippen LogP contribution in [0, 0.1) is 28.6 Å². The molecule has 3 unspecified atom stereocenters. The van der Waals surface area contributed by atoms with E-state index in [1.54, 1.807) is 0 Å². The van der Waals surface area contributed by atoms with Gasteiger partial charge in [0.2, 0.25) is 5.91 Å². The van der Waals surface area contributed by atoms with Crippen LogP contribution < -0.4 is 5.32 Å². The van der Waals surface area contributed by atoms with Crippen molar-refractivity contribution >= 4 is 5.91 Å². The van der Waals surface area contributed by atoms with Gasteiger partial charge >= 0.3 is 0 Å². The minimum Gasteiger partial charge on any atom is -0.355 e. The molecule has 0 heterocycles. The van der Waals surface area contributed by atoms with Gasteiger partial charge in [0, 0.05) is 12.6 Å². The first-order valence-electron chi connectivity index (χ1n) is 8.23. The molecule has 4 nitrogen and oxygen atoms in total. The molecule has 21 heavy (non-hydrogen) atoms. The van der Waals surface area contributed by atoms with Gasteiger partial charge in [-0.3, -0.25) is 9.69 Å². The molecule has 1 saturated carbocycles. The zero-order valence-corrected chi connectivity index (χ0v) is 14.3. The molecule has 4 heteroatoms. The van der Waals surface area contributed by atoms with Crippen LogP contribution in [0.3, 0.4) is 0 Å². The maximum Gasteiger partial charge on any atom is 0.234 e. The molecule has 1 rings (SSSR count).